The minimum absolute atomic E-state index is 0.260. The zero-order valence-corrected chi connectivity index (χ0v) is 13.8. The summed E-state index contributed by atoms with van der Waals surface area (Å²) in [5, 5.41) is 0. The van der Waals surface area contributed by atoms with Crippen molar-refractivity contribution in [1.82, 2.24) is 4.90 Å². The molecule has 21 heavy (non-hydrogen) atoms. The molecule has 0 fully saturated rings. The van der Waals surface area contributed by atoms with Gasteiger partial charge < -0.3 is 4.90 Å². The van der Waals surface area contributed by atoms with E-state index in [2.05, 4.69) is 30.3 Å². The zero-order chi connectivity index (χ0) is 15.3. The zero-order valence-electron chi connectivity index (χ0n) is 13.8. The fourth-order valence-electron chi connectivity index (χ4n) is 2.53. The normalized spacial score (nSPS) is 10.6. The number of amides is 1. The highest BCUT2D eigenvalue weighted by atomic mass is 16.2. The number of nitrogens with zero attached hydrogens (tertiary/aromatic N) is 1. The van der Waals surface area contributed by atoms with Gasteiger partial charge in [-0.15, -0.1) is 0 Å². The highest BCUT2D eigenvalue weighted by Crippen LogP contribution is 2.12. The number of rotatable bonds is 11. The molecule has 0 radical (unpaired) electrons. The summed E-state index contributed by atoms with van der Waals surface area (Å²) in [6.45, 7) is 0. The first-order valence-electron chi connectivity index (χ1n) is 8.44. The lowest BCUT2D eigenvalue weighted by atomic mass is 10.0. The van der Waals surface area contributed by atoms with Crippen LogP contribution in [0.25, 0.3) is 0 Å². The number of unbranched alkanes of at least 4 members (excludes halogenated alkanes) is 7. The Hall–Kier alpha value is -1.31. The Labute approximate surface area is 130 Å². The molecule has 1 rings (SSSR count). The Morgan fingerprint density at radius 3 is 1.90 bits per heavy atom. The number of hydrogen-bond donors (Lipinski definition) is 0. The molecular weight excluding hydrogens is 258 g/mol. The van der Waals surface area contributed by atoms with Crippen molar-refractivity contribution in [3.05, 3.63) is 35.9 Å². The highest BCUT2D eigenvalue weighted by Gasteiger charge is 2.02. The number of benzene rings is 1. The summed E-state index contributed by atoms with van der Waals surface area (Å²) < 4.78 is 0. The largest absolute Gasteiger partial charge is 0.349 e. The van der Waals surface area contributed by atoms with E-state index in [9.17, 15) is 4.79 Å². The van der Waals surface area contributed by atoms with Gasteiger partial charge in [0.15, 0.2) is 0 Å². The average molecular weight is 289 g/mol. The van der Waals surface area contributed by atoms with Gasteiger partial charge in [-0.2, -0.15) is 0 Å². The van der Waals surface area contributed by atoms with Crippen molar-refractivity contribution < 1.29 is 4.79 Å². The third kappa shape index (κ3) is 9.28. The van der Waals surface area contributed by atoms with Crippen LogP contribution in [0, 0.1) is 0 Å². The summed E-state index contributed by atoms with van der Waals surface area (Å²) in [5.74, 6) is 0.260. The first-order valence-corrected chi connectivity index (χ1v) is 8.44. The predicted octanol–water partition coefficient (Wildman–Crippen LogP) is 4.83. The molecule has 1 aromatic rings. The van der Waals surface area contributed by atoms with E-state index >= 15 is 0 Å². The van der Waals surface area contributed by atoms with E-state index in [1.165, 1.54) is 56.9 Å². The SMILES string of the molecule is CN(C)C(=O)CCCCCCCCCCc1ccccc1. The molecule has 0 aliphatic rings. The number of hydrogen-bond acceptors (Lipinski definition) is 1. The Bertz CT molecular complexity index is 372. The standard InChI is InChI=1S/C19H31NO/c1-20(2)19(21)17-13-8-6-4-3-5-7-10-14-18-15-11-9-12-16-18/h9,11-12,15-16H,3-8,10,13-14,17H2,1-2H3. The maximum absolute atomic E-state index is 11.4. The summed E-state index contributed by atoms with van der Waals surface area (Å²) in [5.41, 5.74) is 1.46. The molecule has 118 valence electrons. The van der Waals surface area contributed by atoms with Gasteiger partial charge >= 0.3 is 0 Å². The second kappa shape index (κ2) is 11.4. The molecule has 0 heterocycles. The number of carbonyl (C=O) groups is 1. The lowest BCUT2D eigenvalue weighted by molar-refractivity contribution is -0.128. The van der Waals surface area contributed by atoms with Gasteiger partial charge in [-0.1, -0.05) is 68.9 Å². The molecule has 0 aliphatic heterocycles. The molecule has 0 aromatic heterocycles. The van der Waals surface area contributed by atoms with Gasteiger partial charge in [-0.05, 0) is 24.8 Å². The van der Waals surface area contributed by atoms with Crippen LogP contribution in [-0.2, 0) is 11.2 Å². The van der Waals surface area contributed by atoms with Gasteiger partial charge in [0.1, 0.15) is 0 Å². The Morgan fingerprint density at radius 2 is 1.33 bits per heavy atom. The fraction of sp³-hybridized carbons (Fsp3) is 0.632. The topological polar surface area (TPSA) is 20.3 Å². The molecule has 0 atom stereocenters. The fourth-order valence-corrected chi connectivity index (χ4v) is 2.53. The van der Waals surface area contributed by atoms with Gasteiger partial charge in [0.25, 0.3) is 0 Å². The highest BCUT2D eigenvalue weighted by molar-refractivity contribution is 5.75. The van der Waals surface area contributed by atoms with Crippen LogP contribution < -0.4 is 0 Å². The lowest BCUT2D eigenvalue weighted by Gasteiger charge is -2.09. The van der Waals surface area contributed by atoms with Crippen LogP contribution in [0.2, 0.25) is 0 Å². The second-order valence-corrected chi connectivity index (χ2v) is 6.10. The summed E-state index contributed by atoms with van der Waals surface area (Å²) in [7, 11) is 3.66. The van der Waals surface area contributed by atoms with E-state index < -0.39 is 0 Å². The van der Waals surface area contributed by atoms with E-state index in [4.69, 9.17) is 0 Å². The van der Waals surface area contributed by atoms with E-state index in [1.54, 1.807) is 4.90 Å². The monoisotopic (exact) mass is 289 g/mol. The molecule has 0 saturated carbocycles. The van der Waals surface area contributed by atoms with Gasteiger partial charge in [0.05, 0.1) is 0 Å². The molecule has 0 spiro atoms. The van der Waals surface area contributed by atoms with Crippen molar-refractivity contribution in [1.29, 1.82) is 0 Å². The Kier molecular flexibility index (Phi) is 9.60. The van der Waals surface area contributed by atoms with Gasteiger partial charge in [0.2, 0.25) is 5.91 Å². The molecule has 0 saturated heterocycles. The first kappa shape index (κ1) is 17.7. The molecule has 0 N–H and O–H groups in total. The number of aryl methyl sites for hydroxylation is 1. The lowest BCUT2D eigenvalue weighted by Crippen LogP contribution is -2.20. The van der Waals surface area contributed by atoms with Crippen LogP contribution >= 0.6 is 0 Å². The van der Waals surface area contributed by atoms with Crippen molar-refractivity contribution in [3.8, 4) is 0 Å². The molecule has 0 unspecified atom stereocenters. The summed E-state index contributed by atoms with van der Waals surface area (Å²) in [4.78, 5) is 13.1. The van der Waals surface area contributed by atoms with Gasteiger partial charge in [-0.3, -0.25) is 4.79 Å². The molecule has 2 heteroatoms. The average Bonchev–Trinajstić information content (AvgIpc) is 2.49. The molecule has 2 nitrogen and oxygen atoms in total. The molecule has 1 aromatic carbocycles. The minimum atomic E-state index is 0.260. The van der Waals surface area contributed by atoms with E-state index in [-0.39, 0.29) is 5.91 Å². The van der Waals surface area contributed by atoms with Crippen LogP contribution in [0.5, 0.6) is 0 Å². The molecular formula is C19H31NO. The second-order valence-electron chi connectivity index (χ2n) is 6.10. The predicted molar refractivity (Wildman–Crippen MR) is 90.4 cm³/mol. The van der Waals surface area contributed by atoms with Gasteiger partial charge in [0, 0.05) is 20.5 Å². The van der Waals surface area contributed by atoms with Crippen LogP contribution in [0.15, 0.2) is 30.3 Å². The smallest absolute Gasteiger partial charge is 0.222 e. The third-order valence-corrected chi connectivity index (χ3v) is 3.95. The van der Waals surface area contributed by atoms with Gasteiger partial charge in [-0.25, -0.2) is 0 Å². The van der Waals surface area contributed by atoms with Crippen molar-refractivity contribution in [2.75, 3.05) is 14.1 Å². The summed E-state index contributed by atoms with van der Waals surface area (Å²) in [6, 6.07) is 10.8. The molecule has 0 bridgehead atoms. The van der Waals surface area contributed by atoms with Crippen molar-refractivity contribution in [3.63, 3.8) is 0 Å². The summed E-state index contributed by atoms with van der Waals surface area (Å²) in [6.07, 6.45) is 12.1. The minimum Gasteiger partial charge on any atom is -0.349 e. The van der Waals surface area contributed by atoms with Crippen molar-refractivity contribution >= 4 is 5.91 Å². The van der Waals surface area contributed by atoms with Crippen LogP contribution in [0.4, 0.5) is 0 Å². The van der Waals surface area contributed by atoms with Crippen LogP contribution in [0.1, 0.15) is 63.4 Å². The third-order valence-electron chi connectivity index (χ3n) is 3.95. The van der Waals surface area contributed by atoms with E-state index in [0.29, 0.717) is 6.42 Å². The number of carbonyl (C=O) groups excluding carboxylic acids is 1. The Morgan fingerprint density at radius 1 is 0.810 bits per heavy atom. The maximum atomic E-state index is 11.4. The quantitative estimate of drug-likeness (QED) is 0.534. The molecule has 0 aliphatic carbocycles. The molecule has 1 amide bonds. The van der Waals surface area contributed by atoms with Crippen LogP contribution in [-0.4, -0.2) is 24.9 Å². The first-order chi connectivity index (χ1) is 10.2. The summed E-state index contributed by atoms with van der Waals surface area (Å²) >= 11 is 0. The maximum Gasteiger partial charge on any atom is 0.222 e. The van der Waals surface area contributed by atoms with Crippen LogP contribution in [0.3, 0.4) is 0 Å². The van der Waals surface area contributed by atoms with Crippen molar-refractivity contribution in [2.45, 2.75) is 64.2 Å². The Balaban J connectivity index is 1.84. The van der Waals surface area contributed by atoms with E-state index in [0.717, 1.165) is 6.42 Å². The van der Waals surface area contributed by atoms with Crippen molar-refractivity contribution in [2.24, 2.45) is 0 Å². The van der Waals surface area contributed by atoms with E-state index in [1.807, 2.05) is 14.1 Å².